The van der Waals surface area contributed by atoms with E-state index >= 15 is 0 Å². The minimum atomic E-state index is 0.0849. The lowest BCUT2D eigenvalue weighted by Gasteiger charge is -2.41. The average Bonchev–Trinajstić information content (AvgIpc) is 2.18. The summed E-state index contributed by atoms with van der Waals surface area (Å²) in [4.78, 5) is 2.13. The van der Waals surface area contributed by atoms with Gasteiger partial charge in [-0.1, -0.05) is 19.8 Å². The van der Waals surface area contributed by atoms with Gasteiger partial charge in [0, 0.05) is 25.1 Å². The third-order valence-corrected chi connectivity index (χ3v) is 3.61. The summed E-state index contributed by atoms with van der Waals surface area (Å²) in [5.41, 5.74) is 0.0849. The van der Waals surface area contributed by atoms with Gasteiger partial charge in [0.2, 0.25) is 0 Å². The number of likely N-dealkylation sites (N-methyl/N-ethyl adjacent to an activating group) is 1. The lowest BCUT2D eigenvalue weighted by molar-refractivity contribution is 0.0272. The molecule has 0 aromatic rings. The highest BCUT2D eigenvalue weighted by atomic mass is 16.3. The van der Waals surface area contributed by atoms with E-state index in [0.717, 1.165) is 25.3 Å². The lowest BCUT2D eigenvalue weighted by Crippen LogP contribution is -2.42. The molecule has 1 fully saturated rings. The number of rotatable bonds is 5. The van der Waals surface area contributed by atoms with Crippen molar-refractivity contribution in [2.24, 2.45) is 11.3 Å². The molecule has 2 N–H and O–H groups in total. The van der Waals surface area contributed by atoms with Gasteiger partial charge >= 0.3 is 0 Å². The van der Waals surface area contributed by atoms with Crippen LogP contribution in [0.4, 0.5) is 0 Å². The van der Waals surface area contributed by atoms with Gasteiger partial charge < -0.3 is 15.1 Å². The molecular weight excluding hydrogens is 190 g/mol. The molecule has 1 saturated carbocycles. The van der Waals surface area contributed by atoms with E-state index in [0.29, 0.717) is 6.54 Å². The summed E-state index contributed by atoms with van der Waals surface area (Å²) < 4.78 is 0. The van der Waals surface area contributed by atoms with E-state index in [1.54, 1.807) is 0 Å². The zero-order valence-electron chi connectivity index (χ0n) is 10.1. The van der Waals surface area contributed by atoms with E-state index in [4.69, 9.17) is 5.11 Å². The molecule has 15 heavy (non-hydrogen) atoms. The van der Waals surface area contributed by atoms with Gasteiger partial charge in [0.25, 0.3) is 0 Å². The number of aliphatic hydroxyl groups excluding tert-OH is 2. The Morgan fingerprint density at radius 2 is 2.13 bits per heavy atom. The zero-order valence-corrected chi connectivity index (χ0v) is 10.1. The molecule has 0 aromatic carbocycles. The highest BCUT2D eigenvalue weighted by Gasteiger charge is 2.35. The van der Waals surface area contributed by atoms with Crippen molar-refractivity contribution in [3.63, 3.8) is 0 Å². The van der Waals surface area contributed by atoms with Crippen molar-refractivity contribution in [2.45, 2.75) is 32.6 Å². The van der Waals surface area contributed by atoms with Crippen LogP contribution in [0.15, 0.2) is 0 Å². The van der Waals surface area contributed by atoms with Crippen molar-refractivity contribution >= 4 is 0 Å². The standard InChI is InChI=1S/C12H25NO2/c1-11-4-3-5-12(8-11,10-15)9-13(2)6-7-14/h11,14-15H,3-10H2,1-2H3. The second kappa shape index (κ2) is 5.83. The van der Waals surface area contributed by atoms with Gasteiger partial charge in [-0.05, 0) is 25.8 Å². The van der Waals surface area contributed by atoms with E-state index < -0.39 is 0 Å². The third kappa shape index (κ3) is 3.74. The van der Waals surface area contributed by atoms with E-state index in [9.17, 15) is 5.11 Å². The first-order chi connectivity index (χ1) is 7.12. The fourth-order valence-corrected chi connectivity index (χ4v) is 2.93. The van der Waals surface area contributed by atoms with E-state index in [1.807, 2.05) is 7.05 Å². The van der Waals surface area contributed by atoms with Crippen molar-refractivity contribution in [1.82, 2.24) is 4.90 Å². The molecule has 2 atom stereocenters. The molecule has 3 heteroatoms. The molecule has 0 amide bonds. The summed E-state index contributed by atoms with van der Waals surface area (Å²) in [5, 5.41) is 18.5. The molecule has 1 aliphatic carbocycles. The van der Waals surface area contributed by atoms with Crippen LogP contribution in [0.5, 0.6) is 0 Å². The highest BCUT2D eigenvalue weighted by Crippen LogP contribution is 2.39. The molecule has 90 valence electrons. The number of nitrogens with zero attached hydrogens (tertiary/aromatic N) is 1. The summed E-state index contributed by atoms with van der Waals surface area (Å²) in [5.74, 6) is 0.730. The molecule has 0 heterocycles. The Bertz CT molecular complexity index is 186. The molecule has 0 aromatic heterocycles. The molecular formula is C12H25NO2. The van der Waals surface area contributed by atoms with Crippen molar-refractivity contribution in [1.29, 1.82) is 0 Å². The fourth-order valence-electron chi connectivity index (χ4n) is 2.93. The van der Waals surface area contributed by atoms with Crippen molar-refractivity contribution in [3.8, 4) is 0 Å². The largest absolute Gasteiger partial charge is 0.396 e. The van der Waals surface area contributed by atoms with Crippen LogP contribution in [0, 0.1) is 11.3 Å². The molecule has 0 radical (unpaired) electrons. The molecule has 2 unspecified atom stereocenters. The van der Waals surface area contributed by atoms with Crippen LogP contribution in [0.2, 0.25) is 0 Å². The molecule has 0 spiro atoms. The molecule has 1 rings (SSSR count). The first kappa shape index (κ1) is 12.9. The Balaban J connectivity index is 2.51. The van der Waals surface area contributed by atoms with Crippen LogP contribution in [0.3, 0.4) is 0 Å². The Kier molecular flexibility index (Phi) is 5.03. The summed E-state index contributed by atoms with van der Waals surface area (Å²) in [6, 6.07) is 0. The second-order valence-corrected chi connectivity index (χ2v) is 5.32. The molecule has 0 saturated heterocycles. The van der Waals surface area contributed by atoms with Gasteiger partial charge in [-0.15, -0.1) is 0 Å². The van der Waals surface area contributed by atoms with Gasteiger partial charge in [-0.2, -0.15) is 0 Å². The monoisotopic (exact) mass is 215 g/mol. The van der Waals surface area contributed by atoms with Crippen LogP contribution in [-0.4, -0.2) is 48.5 Å². The quantitative estimate of drug-likeness (QED) is 0.722. The third-order valence-electron chi connectivity index (χ3n) is 3.61. The van der Waals surface area contributed by atoms with E-state index in [-0.39, 0.29) is 18.6 Å². The summed E-state index contributed by atoms with van der Waals surface area (Å²) in [6.07, 6.45) is 4.78. The van der Waals surface area contributed by atoms with Crippen LogP contribution in [0.25, 0.3) is 0 Å². The van der Waals surface area contributed by atoms with E-state index in [1.165, 1.54) is 12.8 Å². The van der Waals surface area contributed by atoms with Crippen molar-refractivity contribution in [3.05, 3.63) is 0 Å². The maximum atomic E-state index is 9.59. The SMILES string of the molecule is CC1CCCC(CO)(CN(C)CCO)C1. The van der Waals surface area contributed by atoms with Gasteiger partial charge in [0.05, 0.1) is 6.61 Å². The molecule has 3 nitrogen and oxygen atoms in total. The Labute approximate surface area is 93.1 Å². The van der Waals surface area contributed by atoms with Crippen LogP contribution < -0.4 is 0 Å². The van der Waals surface area contributed by atoms with Crippen LogP contribution in [0.1, 0.15) is 32.6 Å². The van der Waals surface area contributed by atoms with Gasteiger partial charge in [0.15, 0.2) is 0 Å². The van der Waals surface area contributed by atoms with E-state index in [2.05, 4.69) is 11.8 Å². The first-order valence-corrected chi connectivity index (χ1v) is 6.02. The number of hydrogen-bond donors (Lipinski definition) is 2. The predicted octanol–water partition coefficient (Wildman–Crippen LogP) is 1.10. The summed E-state index contributed by atoms with van der Waals surface area (Å²) >= 11 is 0. The molecule has 1 aliphatic rings. The Morgan fingerprint density at radius 1 is 1.40 bits per heavy atom. The zero-order chi connectivity index (χ0) is 11.3. The predicted molar refractivity (Wildman–Crippen MR) is 61.7 cm³/mol. The maximum Gasteiger partial charge on any atom is 0.0558 e. The normalized spacial score (nSPS) is 32.2. The van der Waals surface area contributed by atoms with Crippen molar-refractivity contribution < 1.29 is 10.2 Å². The molecule has 0 aliphatic heterocycles. The Morgan fingerprint density at radius 3 is 2.67 bits per heavy atom. The Hall–Kier alpha value is -0.120. The summed E-state index contributed by atoms with van der Waals surface area (Å²) in [6.45, 7) is 4.38. The minimum Gasteiger partial charge on any atom is -0.396 e. The van der Waals surface area contributed by atoms with Gasteiger partial charge in [0.1, 0.15) is 0 Å². The smallest absolute Gasteiger partial charge is 0.0558 e. The number of aliphatic hydroxyl groups is 2. The minimum absolute atomic E-state index is 0.0849. The fraction of sp³-hybridized carbons (Fsp3) is 1.00. The second-order valence-electron chi connectivity index (χ2n) is 5.32. The van der Waals surface area contributed by atoms with Gasteiger partial charge in [-0.3, -0.25) is 0 Å². The van der Waals surface area contributed by atoms with Gasteiger partial charge in [-0.25, -0.2) is 0 Å². The van der Waals surface area contributed by atoms with Crippen LogP contribution in [-0.2, 0) is 0 Å². The average molecular weight is 215 g/mol. The number of hydrogen-bond acceptors (Lipinski definition) is 3. The van der Waals surface area contributed by atoms with Crippen molar-refractivity contribution in [2.75, 3.05) is 33.4 Å². The summed E-state index contributed by atoms with van der Waals surface area (Å²) in [7, 11) is 2.02. The van der Waals surface area contributed by atoms with Crippen LogP contribution >= 0.6 is 0 Å². The first-order valence-electron chi connectivity index (χ1n) is 6.02. The highest BCUT2D eigenvalue weighted by molar-refractivity contribution is 4.87. The molecule has 0 bridgehead atoms. The topological polar surface area (TPSA) is 43.7 Å². The maximum absolute atomic E-state index is 9.59. The lowest BCUT2D eigenvalue weighted by atomic mass is 9.70.